The van der Waals surface area contributed by atoms with Crippen LogP contribution in [0.15, 0.2) is 12.1 Å². The highest BCUT2D eigenvalue weighted by Gasteiger charge is 2.52. The van der Waals surface area contributed by atoms with Crippen LogP contribution in [0.5, 0.6) is 11.5 Å². The van der Waals surface area contributed by atoms with Gasteiger partial charge in [-0.25, -0.2) is 0 Å². The minimum absolute atomic E-state index is 0.173. The fraction of sp³-hybridized carbons (Fsp3) is 0.700. The monoisotopic (exact) mass is 300 g/mol. The summed E-state index contributed by atoms with van der Waals surface area (Å²) in [7, 11) is 0. The molecule has 0 unspecified atom stereocenters. The van der Waals surface area contributed by atoms with E-state index in [9.17, 15) is 10.2 Å². The number of rotatable bonds is 1. The molecule has 22 heavy (non-hydrogen) atoms. The van der Waals surface area contributed by atoms with E-state index in [2.05, 4.69) is 20.8 Å². The summed E-state index contributed by atoms with van der Waals surface area (Å²) in [5.74, 6) is 3.18. The summed E-state index contributed by atoms with van der Waals surface area (Å²) in [4.78, 5) is 0. The Bertz CT molecular complexity index is 574. The molecule has 2 heteroatoms. The molecule has 2 nitrogen and oxygen atoms in total. The topological polar surface area (TPSA) is 40.5 Å². The summed E-state index contributed by atoms with van der Waals surface area (Å²) < 4.78 is 0. The maximum atomic E-state index is 11.0. The molecule has 0 spiro atoms. The lowest BCUT2D eigenvalue weighted by Gasteiger charge is -2.57. The first-order valence-corrected chi connectivity index (χ1v) is 8.84. The molecule has 0 heterocycles. The molecule has 4 bridgehead atoms. The molecule has 0 saturated heterocycles. The zero-order valence-electron chi connectivity index (χ0n) is 14.0. The predicted octanol–water partition coefficient (Wildman–Crippen LogP) is 4.86. The molecule has 1 aromatic rings. The van der Waals surface area contributed by atoms with E-state index in [-0.39, 0.29) is 16.6 Å². The van der Waals surface area contributed by atoms with Crippen LogP contribution in [0.25, 0.3) is 0 Å². The van der Waals surface area contributed by atoms with Gasteiger partial charge in [-0.05, 0) is 73.2 Å². The predicted molar refractivity (Wildman–Crippen MR) is 88.3 cm³/mol. The van der Waals surface area contributed by atoms with Crippen LogP contribution in [-0.2, 0) is 10.8 Å². The van der Waals surface area contributed by atoms with Gasteiger partial charge >= 0.3 is 0 Å². The molecule has 0 radical (unpaired) electrons. The Morgan fingerprint density at radius 3 is 1.86 bits per heavy atom. The van der Waals surface area contributed by atoms with Crippen molar-refractivity contribution in [3.05, 3.63) is 23.3 Å². The van der Waals surface area contributed by atoms with Crippen molar-refractivity contribution >= 4 is 0 Å². The molecule has 4 aliphatic rings. The van der Waals surface area contributed by atoms with Crippen molar-refractivity contribution in [2.24, 2.45) is 17.8 Å². The fourth-order valence-electron chi connectivity index (χ4n) is 6.19. The van der Waals surface area contributed by atoms with E-state index in [1.807, 2.05) is 12.1 Å². The quantitative estimate of drug-likeness (QED) is 0.777. The van der Waals surface area contributed by atoms with Crippen molar-refractivity contribution < 1.29 is 10.2 Å². The first-order valence-electron chi connectivity index (χ1n) is 8.84. The van der Waals surface area contributed by atoms with E-state index in [0.717, 1.165) is 28.9 Å². The van der Waals surface area contributed by atoms with Crippen LogP contribution >= 0.6 is 0 Å². The third-order valence-electron chi connectivity index (χ3n) is 6.52. The van der Waals surface area contributed by atoms with Crippen LogP contribution in [0.4, 0.5) is 0 Å². The normalized spacial score (nSPS) is 36.8. The Morgan fingerprint density at radius 2 is 1.41 bits per heavy atom. The van der Waals surface area contributed by atoms with Gasteiger partial charge in [-0.15, -0.1) is 0 Å². The molecule has 4 aliphatic carbocycles. The number of hydrogen-bond donors (Lipinski definition) is 2. The van der Waals surface area contributed by atoms with Gasteiger partial charge in [0.05, 0.1) is 0 Å². The molecule has 4 fully saturated rings. The second-order valence-corrected chi connectivity index (χ2v) is 9.30. The molecule has 0 aromatic heterocycles. The van der Waals surface area contributed by atoms with Crippen molar-refractivity contribution in [3.8, 4) is 11.5 Å². The highest BCUT2D eigenvalue weighted by atomic mass is 16.3. The first-order chi connectivity index (χ1) is 10.3. The Kier molecular flexibility index (Phi) is 2.90. The number of phenolic OH excluding ortho intramolecular Hbond substituents is 2. The molecule has 5 rings (SSSR count). The third kappa shape index (κ3) is 1.99. The summed E-state index contributed by atoms with van der Waals surface area (Å²) in [5, 5.41) is 21.3. The Labute approximate surface area is 133 Å². The van der Waals surface area contributed by atoms with Crippen LogP contribution in [0, 0.1) is 17.8 Å². The van der Waals surface area contributed by atoms with E-state index in [4.69, 9.17) is 0 Å². The van der Waals surface area contributed by atoms with Crippen molar-refractivity contribution in [1.82, 2.24) is 0 Å². The number of benzene rings is 1. The van der Waals surface area contributed by atoms with E-state index in [1.54, 1.807) is 0 Å². The highest BCUT2D eigenvalue weighted by Crippen LogP contribution is 2.62. The summed E-state index contributed by atoms with van der Waals surface area (Å²) in [6, 6.07) is 3.82. The summed E-state index contributed by atoms with van der Waals surface area (Å²) in [6.07, 6.45) is 7.93. The van der Waals surface area contributed by atoms with Gasteiger partial charge in [0.1, 0.15) is 11.5 Å². The highest BCUT2D eigenvalue weighted by molar-refractivity contribution is 5.55. The summed E-state index contributed by atoms with van der Waals surface area (Å²) in [6.45, 7) is 6.18. The van der Waals surface area contributed by atoms with Crippen molar-refractivity contribution in [1.29, 1.82) is 0 Å². The maximum Gasteiger partial charge on any atom is 0.126 e. The van der Waals surface area contributed by atoms with Gasteiger partial charge < -0.3 is 10.2 Å². The van der Waals surface area contributed by atoms with Gasteiger partial charge in [-0.3, -0.25) is 0 Å². The van der Waals surface area contributed by atoms with Crippen LogP contribution in [0.3, 0.4) is 0 Å². The molecule has 0 aliphatic heterocycles. The molecule has 0 atom stereocenters. The smallest absolute Gasteiger partial charge is 0.126 e. The van der Waals surface area contributed by atoms with E-state index in [0.29, 0.717) is 5.75 Å². The van der Waals surface area contributed by atoms with Crippen LogP contribution in [-0.4, -0.2) is 10.2 Å². The largest absolute Gasteiger partial charge is 0.508 e. The zero-order chi connectivity index (χ0) is 15.7. The van der Waals surface area contributed by atoms with Crippen molar-refractivity contribution in [2.75, 3.05) is 0 Å². The second kappa shape index (κ2) is 4.43. The van der Waals surface area contributed by atoms with Crippen LogP contribution in [0.1, 0.15) is 70.4 Å². The number of phenols is 2. The first kappa shape index (κ1) is 14.4. The average Bonchev–Trinajstić information content (AvgIpc) is 2.34. The van der Waals surface area contributed by atoms with Gasteiger partial charge in [0.25, 0.3) is 0 Å². The summed E-state index contributed by atoms with van der Waals surface area (Å²) >= 11 is 0. The average molecular weight is 300 g/mol. The van der Waals surface area contributed by atoms with E-state index >= 15 is 0 Å². The lowest BCUT2D eigenvalue weighted by Crippen LogP contribution is -2.48. The van der Waals surface area contributed by atoms with Gasteiger partial charge in [-0.2, -0.15) is 0 Å². The minimum atomic E-state index is -0.244. The van der Waals surface area contributed by atoms with Gasteiger partial charge in [-0.1, -0.05) is 26.8 Å². The van der Waals surface area contributed by atoms with Crippen LogP contribution in [0.2, 0.25) is 0 Å². The molecular weight excluding hydrogens is 272 g/mol. The Hall–Kier alpha value is -1.18. The molecule has 120 valence electrons. The standard InChI is InChI=1S/C20H28O2/c1-19(2,3)17-16(21)5-4-15(18(17)22)20-9-12-6-13(10-20)8-14(7-12)11-20/h4-5,12-14,21-22H,6-11H2,1-3H3. The Morgan fingerprint density at radius 1 is 0.909 bits per heavy atom. The molecular formula is C20H28O2. The Balaban J connectivity index is 1.84. The van der Waals surface area contributed by atoms with Crippen molar-refractivity contribution in [3.63, 3.8) is 0 Å². The van der Waals surface area contributed by atoms with Gasteiger partial charge in [0.2, 0.25) is 0 Å². The lowest BCUT2D eigenvalue weighted by molar-refractivity contribution is -0.00624. The van der Waals surface area contributed by atoms with E-state index < -0.39 is 0 Å². The maximum absolute atomic E-state index is 11.0. The van der Waals surface area contributed by atoms with Crippen molar-refractivity contribution in [2.45, 2.75) is 70.1 Å². The molecule has 0 amide bonds. The molecule has 4 saturated carbocycles. The van der Waals surface area contributed by atoms with E-state index in [1.165, 1.54) is 38.5 Å². The molecule has 2 N–H and O–H groups in total. The van der Waals surface area contributed by atoms with Gasteiger partial charge in [0.15, 0.2) is 0 Å². The number of hydrogen-bond acceptors (Lipinski definition) is 2. The molecule has 1 aromatic carbocycles. The second-order valence-electron chi connectivity index (χ2n) is 9.30. The SMILES string of the molecule is CC(C)(C)c1c(O)ccc(C23CC4CC(CC(C4)C2)C3)c1O. The lowest BCUT2D eigenvalue weighted by atomic mass is 9.48. The number of aromatic hydroxyl groups is 2. The minimum Gasteiger partial charge on any atom is -0.508 e. The zero-order valence-corrected chi connectivity index (χ0v) is 14.0. The summed E-state index contributed by atoms with van der Waals surface area (Å²) in [5.41, 5.74) is 1.77. The fourth-order valence-corrected chi connectivity index (χ4v) is 6.19. The third-order valence-corrected chi connectivity index (χ3v) is 6.52. The van der Waals surface area contributed by atoms with Gasteiger partial charge in [0, 0.05) is 11.1 Å². The van der Waals surface area contributed by atoms with Crippen LogP contribution < -0.4 is 0 Å².